The molecule has 0 saturated heterocycles. The second kappa shape index (κ2) is 9.86. The average molecular weight is 244 g/mol. The molecule has 0 aliphatic carbocycles. The van der Waals surface area contributed by atoms with Gasteiger partial charge >= 0.3 is 5.97 Å². The molecular formula is C12H20O5. The van der Waals surface area contributed by atoms with Gasteiger partial charge in [-0.1, -0.05) is 13.2 Å². The molecule has 1 atom stereocenters. The Balaban J connectivity index is 3.39. The first kappa shape index (κ1) is 15.7. The van der Waals surface area contributed by atoms with Crippen LogP contribution in [-0.2, 0) is 19.0 Å². The highest BCUT2D eigenvalue weighted by Crippen LogP contribution is 2.06. The Morgan fingerprint density at radius 1 is 1.35 bits per heavy atom. The minimum absolute atomic E-state index is 0.151. The minimum atomic E-state index is -0.988. The van der Waals surface area contributed by atoms with Crippen LogP contribution in [0.5, 0.6) is 0 Å². The van der Waals surface area contributed by atoms with Gasteiger partial charge in [-0.2, -0.15) is 0 Å². The molecule has 0 rings (SSSR count). The summed E-state index contributed by atoms with van der Waals surface area (Å²) in [4.78, 5) is 10.5. The normalized spacial score (nSPS) is 11.8. The molecule has 1 N–H and O–H groups in total. The molecule has 0 aliphatic heterocycles. The summed E-state index contributed by atoms with van der Waals surface area (Å²) in [5, 5.41) is 8.62. The number of ether oxygens (including phenoxy) is 3. The minimum Gasteiger partial charge on any atom is -0.499 e. The summed E-state index contributed by atoms with van der Waals surface area (Å²) in [6.45, 7) is 10.4. The van der Waals surface area contributed by atoms with Gasteiger partial charge in [-0.3, -0.25) is 0 Å². The standard InChI is InChI=1S/C12H20O5/c1-4-15-5-6-16-7-8-17-11(3)9-10(2)12(13)14/h4,11H,1-2,5-9H2,3H3,(H,13,14). The Morgan fingerprint density at radius 2 is 2.00 bits per heavy atom. The summed E-state index contributed by atoms with van der Waals surface area (Å²) in [6.07, 6.45) is 1.50. The zero-order valence-electron chi connectivity index (χ0n) is 10.2. The van der Waals surface area contributed by atoms with Crippen LogP contribution in [0.3, 0.4) is 0 Å². The van der Waals surface area contributed by atoms with E-state index in [0.717, 1.165) is 0 Å². The maximum atomic E-state index is 10.5. The second-order valence-electron chi connectivity index (χ2n) is 3.44. The van der Waals surface area contributed by atoms with Gasteiger partial charge in [0.15, 0.2) is 0 Å². The number of carboxylic acids is 1. The van der Waals surface area contributed by atoms with Crippen LogP contribution in [0.2, 0.25) is 0 Å². The quantitative estimate of drug-likeness (QED) is 0.340. The fraction of sp³-hybridized carbons (Fsp3) is 0.583. The van der Waals surface area contributed by atoms with Crippen LogP contribution in [0.25, 0.3) is 0 Å². The first-order chi connectivity index (χ1) is 8.07. The Labute approximate surface area is 102 Å². The SMILES string of the molecule is C=COCCOCCOC(C)CC(=C)C(=O)O. The first-order valence-electron chi connectivity index (χ1n) is 5.40. The molecular weight excluding hydrogens is 224 g/mol. The largest absolute Gasteiger partial charge is 0.499 e. The van der Waals surface area contributed by atoms with Gasteiger partial charge in [-0.05, 0) is 6.92 Å². The number of hydrogen-bond acceptors (Lipinski definition) is 4. The smallest absolute Gasteiger partial charge is 0.331 e. The zero-order valence-corrected chi connectivity index (χ0v) is 10.2. The Kier molecular flexibility index (Phi) is 9.09. The van der Waals surface area contributed by atoms with Crippen LogP contribution >= 0.6 is 0 Å². The molecule has 0 spiro atoms. The van der Waals surface area contributed by atoms with Gasteiger partial charge in [0, 0.05) is 12.0 Å². The molecule has 0 amide bonds. The van der Waals surface area contributed by atoms with Gasteiger partial charge < -0.3 is 19.3 Å². The molecule has 5 heteroatoms. The van der Waals surface area contributed by atoms with Gasteiger partial charge in [0.2, 0.25) is 0 Å². The van der Waals surface area contributed by atoms with Gasteiger partial charge in [-0.15, -0.1) is 0 Å². The highest BCUT2D eigenvalue weighted by Gasteiger charge is 2.09. The highest BCUT2D eigenvalue weighted by molar-refractivity contribution is 5.85. The lowest BCUT2D eigenvalue weighted by atomic mass is 10.1. The van der Waals surface area contributed by atoms with Crippen molar-refractivity contribution in [3.05, 3.63) is 25.0 Å². The van der Waals surface area contributed by atoms with E-state index in [1.807, 2.05) is 0 Å². The predicted molar refractivity (Wildman–Crippen MR) is 63.8 cm³/mol. The maximum Gasteiger partial charge on any atom is 0.331 e. The van der Waals surface area contributed by atoms with E-state index in [1.165, 1.54) is 6.26 Å². The lowest BCUT2D eigenvalue weighted by molar-refractivity contribution is -0.133. The van der Waals surface area contributed by atoms with Crippen molar-refractivity contribution in [3.63, 3.8) is 0 Å². The van der Waals surface area contributed by atoms with E-state index in [4.69, 9.17) is 19.3 Å². The van der Waals surface area contributed by atoms with Crippen molar-refractivity contribution in [2.24, 2.45) is 0 Å². The molecule has 1 unspecified atom stereocenters. The van der Waals surface area contributed by atoms with E-state index in [1.54, 1.807) is 6.92 Å². The second-order valence-corrected chi connectivity index (χ2v) is 3.44. The predicted octanol–water partition coefficient (Wildman–Crippen LogP) is 1.60. The van der Waals surface area contributed by atoms with Crippen LogP contribution < -0.4 is 0 Å². The third-order valence-electron chi connectivity index (χ3n) is 1.93. The fourth-order valence-corrected chi connectivity index (χ4v) is 1.09. The van der Waals surface area contributed by atoms with E-state index in [2.05, 4.69) is 13.2 Å². The molecule has 98 valence electrons. The number of carboxylic acid groups (broad SMARTS) is 1. The number of rotatable bonds is 11. The maximum absolute atomic E-state index is 10.5. The fourth-order valence-electron chi connectivity index (χ4n) is 1.09. The van der Waals surface area contributed by atoms with Crippen LogP contribution in [-0.4, -0.2) is 43.6 Å². The monoisotopic (exact) mass is 244 g/mol. The average Bonchev–Trinajstić information content (AvgIpc) is 2.27. The van der Waals surface area contributed by atoms with Gasteiger partial charge in [-0.25, -0.2) is 4.79 Å². The molecule has 0 radical (unpaired) electrons. The topological polar surface area (TPSA) is 65.0 Å². The summed E-state index contributed by atoms with van der Waals surface area (Å²) in [7, 11) is 0. The van der Waals surface area contributed by atoms with Crippen LogP contribution in [0.15, 0.2) is 25.0 Å². The van der Waals surface area contributed by atoms with E-state index < -0.39 is 5.97 Å². The molecule has 0 saturated carbocycles. The van der Waals surface area contributed by atoms with E-state index >= 15 is 0 Å². The first-order valence-corrected chi connectivity index (χ1v) is 5.40. The summed E-state index contributed by atoms with van der Waals surface area (Å²) >= 11 is 0. The Bertz CT molecular complexity index is 249. The van der Waals surface area contributed by atoms with E-state index in [-0.39, 0.29) is 11.7 Å². The lowest BCUT2D eigenvalue weighted by Crippen LogP contribution is -2.16. The van der Waals surface area contributed by atoms with Gasteiger partial charge in [0.1, 0.15) is 6.61 Å². The van der Waals surface area contributed by atoms with Crippen LogP contribution in [0, 0.1) is 0 Å². The zero-order chi connectivity index (χ0) is 13.1. The van der Waals surface area contributed by atoms with Crippen molar-refractivity contribution < 1.29 is 24.1 Å². The van der Waals surface area contributed by atoms with Gasteiger partial charge in [0.25, 0.3) is 0 Å². The van der Waals surface area contributed by atoms with E-state index in [9.17, 15) is 4.79 Å². The molecule has 0 fully saturated rings. The molecule has 0 aromatic heterocycles. The third kappa shape index (κ3) is 9.59. The van der Waals surface area contributed by atoms with Crippen molar-refractivity contribution >= 4 is 5.97 Å². The van der Waals surface area contributed by atoms with Crippen molar-refractivity contribution in [2.45, 2.75) is 19.4 Å². The molecule has 0 heterocycles. The Morgan fingerprint density at radius 3 is 2.59 bits per heavy atom. The molecule has 5 nitrogen and oxygen atoms in total. The van der Waals surface area contributed by atoms with Gasteiger partial charge in [0.05, 0.1) is 32.2 Å². The summed E-state index contributed by atoms with van der Waals surface area (Å²) in [6, 6.07) is 0. The molecule has 0 aromatic carbocycles. The van der Waals surface area contributed by atoms with Crippen molar-refractivity contribution in [3.8, 4) is 0 Å². The number of carbonyl (C=O) groups is 1. The molecule has 0 aromatic rings. The summed E-state index contributed by atoms with van der Waals surface area (Å²) < 4.78 is 15.4. The number of aliphatic carboxylic acids is 1. The Hall–Kier alpha value is -1.33. The summed E-state index contributed by atoms with van der Waals surface area (Å²) in [5.74, 6) is -0.988. The highest BCUT2D eigenvalue weighted by atomic mass is 16.5. The molecule has 0 aliphatic rings. The van der Waals surface area contributed by atoms with Crippen molar-refractivity contribution in [1.29, 1.82) is 0 Å². The number of hydrogen-bond donors (Lipinski definition) is 1. The molecule has 0 bridgehead atoms. The summed E-state index contributed by atoms with van der Waals surface area (Å²) in [5.41, 5.74) is 0.151. The van der Waals surface area contributed by atoms with E-state index in [0.29, 0.717) is 32.8 Å². The van der Waals surface area contributed by atoms with Crippen molar-refractivity contribution in [2.75, 3.05) is 26.4 Å². The van der Waals surface area contributed by atoms with Crippen LogP contribution in [0.1, 0.15) is 13.3 Å². The van der Waals surface area contributed by atoms with Crippen LogP contribution in [0.4, 0.5) is 0 Å². The molecule has 17 heavy (non-hydrogen) atoms. The third-order valence-corrected chi connectivity index (χ3v) is 1.93. The van der Waals surface area contributed by atoms with Crippen molar-refractivity contribution in [1.82, 2.24) is 0 Å². The lowest BCUT2D eigenvalue weighted by Gasteiger charge is -2.12.